The zero-order valence-electron chi connectivity index (χ0n) is 20.3. The highest BCUT2D eigenvalue weighted by atomic mass is 127. The van der Waals surface area contributed by atoms with Gasteiger partial charge in [-0.05, 0) is 50.2 Å². The van der Waals surface area contributed by atoms with Gasteiger partial charge in [-0.1, -0.05) is 43.5 Å². The number of guanidine groups is 1. The van der Waals surface area contributed by atoms with Crippen LogP contribution in [-0.2, 0) is 27.4 Å². The third kappa shape index (κ3) is 6.83. The lowest BCUT2D eigenvalue weighted by Crippen LogP contribution is -2.66. The minimum absolute atomic E-state index is 0. The third-order valence-electron chi connectivity index (χ3n) is 7.58. The number of halogens is 1. The number of hydrogen-bond donors (Lipinski definition) is 2. The Morgan fingerprint density at radius 2 is 1.88 bits per heavy atom. The van der Waals surface area contributed by atoms with Crippen LogP contribution in [0.5, 0.6) is 0 Å². The predicted molar refractivity (Wildman–Crippen MR) is 143 cm³/mol. The van der Waals surface area contributed by atoms with Gasteiger partial charge in [0.15, 0.2) is 5.96 Å². The minimum Gasteiger partial charge on any atom is -0.381 e. The first-order valence-electron chi connectivity index (χ1n) is 12.6. The molecule has 1 saturated heterocycles. The Balaban J connectivity index is 0.00000306. The molecular weight excluding hydrogens is 529 g/mol. The Labute approximate surface area is 216 Å². The van der Waals surface area contributed by atoms with Gasteiger partial charge in [0.25, 0.3) is 0 Å². The molecule has 6 nitrogen and oxygen atoms in total. The van der Waals surface area contributed by atoms with Gasteiger partial charge in [0.05, 0.1) is 18.8 Å². The molecule has 33 heavy (non-hydrogen) atoms. The lowest BCUT2D eigenvalue weighted by Gasteiger charge is -2.57. The highest BCUT2D eigenvalue weighted by molar-refractivity contribution is 14.0. The van der Waals surface area contributed by atoms with Crippen LogP contribution in [0.15, 0.2) is 29.3 Å². The molecule has 3 aliphatic rings. The number of aliphatic imine (C=N–C) groups is 1. The summed E-state index contributed by atoms with van der Waals surface area (Å²) in [6.45, 7) is 5.96. The van der Waals surface area contributed by atoms with Crippen molar-refractivity contribution < 1.29 is 14.2 Å². The fourth-order valence-electron chi connectivity index (χ4n) is 5.70. The number of ether oxygens (including phenoxy) is 3. The van der Waals surface area contributed by atoms with Gasteiger partial charge in [-0.15, -0.1) is 24.0 Å². The van der Waals surface area contributed by atoms with Gasteiger partial charge in [0.1, 0.15) is 0 Å². The van der Waals surface area contributed by atoms with Crippen molar-refractivity contribution in [1.82, 2.24) is 10.6 Å². The van der Waals surface area contributed by atoms with Crippen molar-refractivity contribution in [3.63, 3.8) is 0 Å². The molecule has 1 aromatic carbocycles. The van der Waals surface area contributed by atoms with E-state index in [9.17, 15) is 0 Å². The third-order valence-corrected chi connectivity index (χ3v) is 7.58. The Kier molecular flexibility index (Phi) is 10.7. The molecule has 3 fully saturated rings. The molecule has 2 N–H and O–H groups in total. The Morgan fingerprint density at radius 3 is 2.61 bits per heavy atom. The molecule has 0 radical (unpaired) electrons. The largest absolute Gasteiger partial charge is 0.381 e. The van der Waals surface area contributed by atoms with Gasteiger partial charge in [-0.25, -0.2) is 0 Å². The van der Waals surface area contributed by atoms with Gasteiger partial charge in [0, 0.05) is 44.9 Å². The first-order chi connectivity index (χ1) is 15.7. The standard InChI is InChI=1S/C26H41N3O3.HI/c1-3-31-24-17-23(26(24)12-5-4-6-13-26)29-25(27-2)28-18-20-8-7-9-21(16-20)19-32-22-10-14-30-15-11-22;/h7-9,16,22-24H,3-6,10-15,17-19H2,1-2H3,(H2,27,28,29);1H. The summed E-state index contributed by atoms with van der Waals surface area (Å²) in [6.07, 6.45) is 10.3. The average molecular weight is 572 g/mol. The summed E-state index contributed by atoms with van der Waals surface area (Å²) in [5.74, 6) is 0.888. The second kappa shape index (κ2) is 13.3. The molecule has 0 amide bonds. The van der Waals surface area contributed by atoms with Crippen molar-refractivity contribution in [3.05, 3.63) is 35.4 Å². The van der Waals surface area contributed by atoms with E-state index in [1.165, 1.54) is 43.2 Å². The Bertz CT molecular complexity index is 748. The normalized spacial score (nSPS) is 25.2. The van der Waals surface area contributed by atoms with Gasteiger partial charge in [0.2, 0.25) is 0 Å². The SMILES string of the molecule is CCOC1CC(NC(=NC)NCc2cccc(COC3CCOCC3)c2)C12CCCCC2.I. The van der Waals surface area contributed by atoms with E-state index >= 15 is 0 Å². The molecule has 0 aromatic heterocycles. The summed E-state index contributed by atoms with van der Waals surface area (Å²) in [6, 6.07) is 9.10. The average Bonchev–Trinajstić information content (AvgIpc) is 2.85. The van der Waals surface area contributed by atoms with Crippen LogP contribution in [0.3, 0.4) is 0 Å². The first-order valence-corrected chi connectivity index (χ1v) is 12.6. The van der Waals surface area contributed by atoms with Crippen molar-refractivity contribution in [2.24, 2.45) is 10.4 Å². The zero-order valence-corrected chi connectivity index (χ0v) is 22.6. The van der Waals surface area contributed by atoms with Gasteiger partial charge in [-0.3, -0.25) is 4.99 Å². The molecule has 1 aromatic rings. The lowest BCUT2D eigenvalue weighted by atomic mass is 9.55. The van der Waals surface area contributed by atoms with Crippen molar-refractivity contribution in [2.45, 2.75) is 89.7 Å². The molecular formula is C26H42IN3O3. The molecule has 186 valence electrons. The smallest absolute Gasteiger partial charge is 0.191 e. The topological polar surface area (TPSA) is 64.1 Å². The molecule has 1 heterocycles. The van der Waals surface area contributed by atoms with E-state index in [0.717, 1.165) is 51.6 Å². The molecule has 1 aliphatic heterocycles. The van der Waals surface area contributed by atoms with Crippen LogP contribution < -0.4 is 10.6 Å². The molecule has 0 bridgehead atoms. The molecule has 2 saturated carbocycles. The minimum atomic E-state index is 0. The van der Waals surface area contributed by atoms with Gasteiger partial charge < -0.3 is 24.8 Å². The van der Waals surface area contributed by atoms with Crippen molar-refractivity contribution in [3.8, 4) is 0 Å². The van der Waals surface area contributed by atoms with Crippen molar-refractivity contribution in [2.75, 3.05) is 26.9 Å². The fraction of sp³-hybridized carbons (Fsp3) is 0.731. The second-order valence-electron chi connectivity index (χ2n) is 9.54. The van der Waals surface area contributed by atoms with E-state index in [1.807, 2.05) is 7.05 Å². The lowest BCUT2D eigenvalue weighted by molar-refractivity contribution is -0.145. The number of benzene rings is 1. The molecule has 2 aliphatic carbocycles. The molecule has 2 unspecified atom stereocenters. The Morgan fingerprint density at radius 1 is 1.12 bits per heavy atom. The number of rotatable bonds is 8. The van der Waals surface area contributed by atoms with Crippen LogP contribution in [-0.4, -0.2) is 51.1 Å². The fourth-order valence-corrected chi connectivity index (χ4v) is 5.70. The van der Waals surface area contributed by atoms with E-state index in [2.05, 4.69) is 46.8 Å². The quantitative estimate of drug-likeness (QED) is 0.267. The molecule has 7 heteroatoms. The summed E-state index contributed by atoms with van der Waals surface area (Å²) >= 11 is 0. The zero-order chi connectivity index (χ0) is 22.2. The van der Waals surface area contributed by atoms with E-state index in [0.29, 0.717) is 24.9 Å². The Hall–Kier alpha value is -0.900. The number of hydrogen-bond acceptors (Lipinski definition) is 4. The molecule has 4 rings (SSSR count). The summed E-state index contributed by atoms with van der Waals surface area (Å²) in [4.78, 5) is 4.51. The second-order valence-corrected chi connectivity index (χ2v) is 9.54. The maximum atomic E-state index is 6.11. The van der Waals surface area contributed by atoms with Crippen LogP contribution >= 0.6 is 24.0 Å². The summed E-state index contributed by atoms with van der Waals surface area (Å²) in [5, 5.41) is 7.25. The highest BCUT2D eigenvalue weighted by Crippen LogP contribution is 2.53. The van der Waals surface area contributed by atoms with E-state index in [-0.39, 0.29) is 29.4 Å². The van der Waals surface area contributed by atoms with Crippen molar-refractivity contribution >= 4 is 29.9 Å². The summed E-state index contributed by atoms with van der Waals surface area (Å²) in [7, 11) is 1.86. The number of nitrogens with one attached hydrogen (secondary N) is 2. The van der Waals surface area contributed by atoms with E-state index in [1.54, 1.807) is 0 Å². The monoisotopic (exact) mass is 571 g/mol. The molecule has 2 atom stereocenters. The van der Waals surface area contributed by atoms with E-state index < -0.39 is 0 Å². The van der Waals surface area contributed by atoms with Crippen molar-refractivity contribution in [1.29, 1.82) is 0 Å². The van der Waals surface area contributed by atoms with E-state index in [4.69, 9.17) is 14.2 Å². The predicted octanol–water partition coefficient (Wildman–Crippen LogP) is 4.79. The van der Waals surface area contributed by atoms with Crippen LogP contribution in [0, 0.1) is 5.41 Å². The maximum absolute atomic E-state index is 6.11. The summed E-state index contributed by atoms with van der Waals surface area (Å²) in [5.41, 5.74) is 2.75. The highest BCUT2D eigenvalue weighted by Gasteiger charge is 2.55. The van der Waals surface area contributed by atoms with Crippen LogP contribution in [0.4, 0.5) is 0 Å². The van der Waals surface area contributed by atoms with Crippen LogP contribution in [0.25, 0.3) is 0 Å². The first kappa shape index (κ1) is 26.7. The summed E-state index contributed by atoms with van der Waals surface area (Å²) < 4.78 is 17.6. The molecule has 1 spiro atoms. The maximum Gasteiger partial charge on any atom is 0.191 e. The number of nitrogens with zero attached hydrogens (tertiary/aromatic N) is 1. The van der Waals surface area contributed by atoms with Gasteiger partial charge >= 0.3 is 0 Å². The van der Waals surface area contributed by atoms with Crippen LogP contribution in [0.2, 0.25) is 0 Å². The van der Waals surface area contributed by atoms with Crippen LogP contribution in [0.1, 0.15) is 69.4 Å². The van der Waals surface area contributed by atoms with Gasteiger partial charge in [-0.2, -0.15) is 0 Å².